The topological polar surface area (TPSA) is 70.1 Å². The van der Waals surface area contributed by atoms with E-state index in [0.29, 0.717) is 5.69 Å². The maximum Gasteiger partial charge on any atom is 0.341 e. The second kappa shape index (κ2) is 5.27. The van der Waals surface area contributed by atoms with Crippen molar-refractivity contribution in [2.45, 2.75) is 6.92 Å². The minimum Gasteiger partial charge on any atom is -0.462 e. The maximum atomic E-state index is 13.4. The van der Waals surface area contributed by atoms with Crippen LogP contribution in [0.15, 0.2) is 24.5 Å². The van der Waals surface area contributed by atoms with Crippen molar-refractivity contribution in [3.05, 3.63) is 40.9 Å². The highest BCUT2D eigenvalue weighted by molar-refractivity contribution is 6.31. The number of rotatable bonds is 3. The number of carbonyl (C=O) groups excluding carboxylic acids is 1. The fraction of sp³-hybridized carbons (Fsp3) is 0.167. The first-order valence-electron chi connectivity index (χ1n) is 5.49. The van der Waals surface area contributed by atoms with Crippen LogP contribution in [-0.4, -0.2) is 22.4 Å². The van der Waals surface area contributed by atoms with Crippen LogP contribution in [0.5, 0.6) is 0 Å². The van der Waals surface area contributed by atoms with Crippen molar-refractivity contribution in [1.82, 2.24) is 9.78 Å². The zero-order valence-electron chi connectivity index (χ0n) is 10.1. The van der Waals surface area contributed by atoms with Gasteiger partial charge in [0.25, 0.3) is 0 Å². The number of benzene rings is 1. The number of ether oxygens (including phenoxy) is 1. The average molecular weight is 284 g/mol. The van der Waals surface area contributed by atoms with Gasteiger partial charge in [0.2, 0.25) is 0 Å². The third-order valence-electron chi connectivity index (χ3n) is 2.41. The van der Waals surface area contributed by atoms with Gasteiger partial charge < -0.3 is 10.5 Å². The van der Waals surface area contributed by atoms with Crippen LogP contribution in [0.2, 0.25) is 5.02 Å². The molecule has 0 amide bonds. The van der Waals surface area contributed by atoms with E-state index in [1.54, 1.807) is 6.92 Å². The van der Waals surface area contributed by atoms with E-state index in [1.807, 2.05) is 0 Å². The number of anilines is 1. The molecule has 0 radical (unpaired) electrons. The molecule has 100 valence electrons. The summed E-state index contributed by atoms with van der Waals surface area (Å²) in [5.41, 5.74) is 6.56. The van der Waals surface area contributed by atoms with E-state index < -0.39 is 11.8 Å². The van der Waals surface area contributed by atoms with E-state index in [4.69, 9.17) is 22.1 Å². The fourth-order valence-corrected chi connectivity index (χ4v) is 1.70. The van der Waals surface area contributed by atoms with Crippen molar-refractivity contribution >= 4 is 23.3 Å². The van der Waals surface area contributed by atoms with Gasteiger partial charge in [-0.15, -0.1) is 0 Å². The van der Waals surface area contributed by atoms with Crippen molar-refractivity contribution in [3.63, 3.8) is 0 Å². The first-order chi connectivity index (χ1) is 9.02. The van der Waals surface area contributed by atoms with Gasteiger partial charge in [0.1, 0.15) is 5.82 Å². The number of esters is 1. The molecule has 0 aliphatic heterocycles. The van der Waals surface area contributed by atoms with Crippen molar-refractivity contribution in [2.24, 2.45) is 0 Å². The molecule has 0 saturated carbocycles. The van der Waals surface area contributed by atoms with Gasteiger partial charge >= 0.3 is 5.97 Å². The van der Waals surface area contributed by atoms with Crippen LogP contribution in [0.3, 0.4) is 0 Å². The van der Waals surface area contributed by atoms with Crippen molar-refractivity contribution < 1.29 is 13.9 Å². The molecule has 0 saturated heterocycles. The highest BCUT2D eigenvalue weighted by Crippen LogP contribution is 2.24. The van der Waals surface area contributed by atoms with Crippen LogP contribution < -0.4 is 5.73 Å². The first kappa shape index (κ1) is 13.4. The van der Waals surface area contributed by atoms with Crippen LogP contribution in [0.25, 0.3) is 5.69 Å². The highest BCUT2D eigenvalue weighted by Gasteiger charge is 2.13. The quantitative estimate of drug-likeness (QED) is 0.694. The Labute approximate surface area is 113 Å². The lowest BCUT2D eigenvalue weighted by molar-refractivity contribution is 0.0526. The van der Waals surface area contributed by atoms with E-state index in [2.05, 4.69) is 5.10 Å². The number of aromatic nitrogens is 2. The molecular formula is C12H11ClFN3O2. The van der Waals surface area contributed by atoms with Gasteiger partial charge in [-0.2, -0.15) is 5.10 Å². The number of hydrogen-bond donors (Lipinski definition) is 1. The maximum absolute atomic E-state index is 13.4. The summed E-state index contributed by atoms with van der Waals surface area (Å²) in [6, 6.07) is 2.44. The molecular weight excluding hydrogens is 273 g/mol. The van der Waals surface area contributed by atoms with Gasteiger partial charge in [0.05, 0.1) is 34.8 Å². The second-order valence-corrected chi connectivity index (χ2v) is 4.13. The molecule has 1 heterocycles. The molecule has 0 atom stereocenters. The molecule has 0 spiro atoms. The Balaban J connectivity index is 2.38. The molecule has 1 aromatic carbocycles. The third kappa shape index (κ3) is 2.68. The third-order valence-corrected chi connectivity index (χ3v) is 2.70. The number of nitrogens with two attached hydrogens (primary N) is 1. The lowest BCUT2D eigenvalue weighted by Crippen LogP contribution is -2.04. The predicted octanol–water partition coefficient (Wildman–Crippen LogP) is 2.42. The summed E-state index contributed by atoms with van der Waals surface area (Å²) in [5, 5.41) is 3.88. The molecule has 0 fully saturated rings. The smallest absolute Gasteiger partial charge is 0.341 e. The Morgan fingerprint density at radius 1 is 1.58 bits per heavy atom. The monoisotopic (exact) mass is 283 g/mol. The number of halogens is 2. The van der Waals surface area contributed by atoms with Crippen LogP contribution >= 0.6 is 11.6 Å². The van der Waals surface area contributed by atoms with Crippen LogP contribution in [-0.2, 0) is 4.74 Å². The van der Waals surface area contributed by atoms with E-state index in [9.17, 15) is 9.18 Å². The Kier molecular flexibility index (Phi) is 3.71. The minimum absolute atomic E-state index is 0.0703. The van der Waals surface area contributed by atoms with E-state index in [1.165, 1.54) is 23.1 Å². The summed E-state index contributed by atoms with van der Waals surface area (Å²) >= 11 is 5.61. The number of nitrogens with zero attached hydrogens (tertiary/aromatic N) is 2. The molecule has 1 aromatic heterocycles. The SMILES string of the molecule is CCOC(=O)c1cnn(-c2cc(F)c(Cl)cc2N)c1. The second-order valence-electron chi connectivity index (χ2n) is 3.72. The van der Waals surface area contributed by atoms with E-state index >= 15 is 0 Å². The summed E-state index contributed by atoms with van der Waals surface area (Å²) in [4.78, 5) is 11.5. The van der Waals surface area contributed by atoms with Gasteiger partial charge in [-0.3, -0.25) is 0 Å². The van der Waals surface area contributed by atoms with E-state index in [-0.39, 0.29) is 22.9 Å². The van der Waals surface area contributed by atoms with Gasteiger partial charge in [0.15, 0.2) is 0 Å². The summed E-state index contributed by atoms with van der Waals surface area (Å²) < 4.78 is 19.5. The molecule has 0 bridgehead atoms. The summed E-state index contributed by atoms with van der Waals surface area (Å²) in [6.45, 7) is 1.97. The normalized spacial score (nSPS) is 10.5. The van der Waals surface area contributed by atoms with E-state index in [0.717, 1.165) is 6.07 Å². The summed E-state index contributed by atoms with van der Waals surface area (Å²) in [5.74, 6) is -1.11. The number of hydrogen-bond acceptors (Lipinski definition) is 4. The largest absolute Gasteiger partial charge is 0.462 e. The Morgan fingerprint density at radius 3 is 3.00 bits per heavy atom. The van der Waals surface area contributed by atoms with Gasteiger partial charge in [0, 0.05) is 12.3 Å². The molecule has 0 unspecified atom stereocenters. The number of nitrogen functional groups attached to an aromatic ring is 1. The Morgan fingerprint density at radius 2 is 2.32 bits per heavy atom. The van der Waals surface area contributed by atoms with Crippen molar-refractivity contribution in [1.29, 1.82) is 0 Å². The number of carbonyl (C=O) groups is 1. The van der Waals surface area contributed by atoms with Gasteiger partial charge in [-0.05, 0) is 13.0 Å². The molecule has 0 aliphatic rings. The lowest BCUT2D eigenvalue weighted by atomic mass is 10.2. The molecule has 19 heavy (non-hydrogen) atoms. The Hall–Kier alpha value is -2.08. The van der Waals surface area contributed by atoms with Crippen molar-refractivity contribution in [2.75, 3.05) is 12.3 Å². The van der Waals surface area contributed by atoms with Crippen LogP contribution in [0.1, 0.15) is 17.3 Å². The summed E-state index contributed by atoms with van der Waals surface area (Å²) in [6.07, 6.45) is 2.74. The molecule has 2 N–H and O–H groups in total. The first-order valence-corrected chi connectivity index (χ1v) is 5.87. The minimum atomic E-state index is -0.612. The van der Waals surface area contributed by atoms with Gasteiger partial charge in [-0.25, -0.2) is 13.9 Å². The molecule has 5 nitrogen and oxygen atoms in total. The molecule has 2 rings (SSSR count). The standard InChI is InChI=1S/C12H11ClFN3O2/c1-2-19-12(18)7-5-16-17(6-7)11-4-9(14)8(13)3-10(11)15/h3-6H,2,15H2,1H3. The Bertz CT molecular complexity index is 627. The zero-order chi connectivity index (χ0) is 14.0. The predicted molar refractivity (Wildman–Crippen MR) is 68.9 cm³/mol. The molecule has 0 aliphatic carbocycles. The lowest BCUT2D eigenvalue weighted by Gasteiger charge is -2.06. The van der Waals surface area contributed by atoms with Gasteiger partial charge in [-0.1, -0.05) is 11.6 Å². The van der Waals surface area contributed by atoms with Crippen LogP contribution in [0.4, 0.5) is 10.1 Å². The zero-order valence-corrected chi connectivity index (χ0v) is 10.8. The average Bonchev–Trinajstić information content (AvgIpc) is 2.83. The molecule has 2 aromatic rings. The van der Waals surface area contributed by atoms with Crippen molar-refractivity contribution in [3.8, 4) is 5.69 Å². The highest BCUT2D eigenvalue weighted by atomic mass is 35.5. The molecule has 7 heteroatoms. The summed E-state index contributed by atoms with van der Waals surface area (Å²) in [7, 11) is 0. The van der Waals surface area contributed by atoms with Crippen LogP contribution in [0, 0.1) is 5.82 Å². The fourth-order valence-electron chi connectivity index (χ4n) is 1.52.